The van der Waals surface area contributed by atoms with Gasteiger partial charge in [-0.3, -0.25) is 4.79 Å². The van der Waals surface area contributed by atoms with Gasteiger partial charge in [0, 0.05) is 21.0 Å². The molecule has 0 unspecified atom stereocenters. The third kappa shape index (κ3) is 7.73. The standard InChI is InChI=1S/C19H29NO3Si.ClH/c1-5-15-7-6-8-16(11-15)14-23-17-12-18(20-13-17)19(21)22-9-10-24(2,3)4;/h5-8,11,17-18,20H,1,9-10,12-14H2,2-4H3;1H/t17-,18+;/m1./s1. The van der Waals surface area contributed by atoms with Gasteiger partial charge in [-0.1, -0.05) is 50.5 Å². The van der Waals surface area contributed by atoms with Crippen molar-refractivity contribution >= 4 is 32.5 Å². The van der Waals surface area contributed by atoms with Crippen LogP contribution >= 0.6 is 12.4 Å². The van der Waals surface area contributed by atoms with Gasteiger partial charge in [-0.25, -0.2) is 0 Å². The van der Waals surface area contributed by atoms with Crippen LogP contribution < -0.4 is 5.32 Å². The van der Waals surface area contributed by atoms with Crippen LogP contribution in [0.3, 0.4) is 0 Å². The molecule has 1 N–H and O–H groups in total. The summed E-state index contributed by atoms with van der Waals surface area (Å²) in [5, 5.41) is 3.21. The summed E-state index contributed by atoms with van der Waals surface area (Å²) in [6.45, 7) is 12.4. The molecule has 1 aliphatic rings. The SMILES string of the molecule is C=Cc1cccc(CO[C@H]2CN[C@H](C(=O)OCC[Si](C)(C)C)C2)c1.Cl. The molecule has 0 bridgehead atoms. The van der Waals surface area contributed by atoms with Crippen molar-refractivity contribution in [2.24, 2.45) is 0 Å². The fourth-order valence-electron chi connectivity index (χ4n) is 2.59. The number of benzene rings is 1. The van der Waals surface area contributed by atoms with Gasteiger partial charge >= 0.3 is 5.97 Å². The minimum absolute atomic E-state index is 0. The largest absolute Gasteiger partial charge is 0.465 e. The molecule has 0 aromatic heterocycles. The molecule has 1 heterocycles. The van der Waals surface area contributed by atoms with E-state index in [1.165, 1.54) is 0 Å². The van der Waals surface area contributed by atoms with Crippen LogP contribution in [0.2, 0.25) is 25.7 Å². The summed E-state index contributed by atoms with van der Waals surface area (Å²) < 4.78 is 11.3. The van der Waals surface area contributed by atoms with E-state index < -0.39 is 8.07 Å². The first-order valence-corrected chi connectivity index (χ1v) is 12.3. The van der Waals surface area contributed by atoms with Gasteiger partial charge in [0.1, 0.15) is 6.04 Å². The number of hydrogen-bond acceptors (Lipinski definition) is 4. The van der Waals surface area contributed by atoms with Gasteiger partial charge in [-0.15, -0.1) is 12.4 Å². The molecule has 2 atom stereocenters. The van der Waals surface area contributed by atoms with Crippen LogP contribution in [0.25, 0.3) is 6.08 Å². The number of esters is 1. The Kier molecular flexibility index (Phi) is 8.86. The molecule has 6 heteroatoms. The van der Waals surface area contributed by atoms with Crippen molar-refractivity contribution in [2.45, 2.75) is 50.9 Å². The predicted octanol–water partition coefficient (Wildman–Crippen LogP) is 3.88. The van der Waals surface area contributed by atoms with Crippen molar-refractivity contribution in [3.63, 3.8) is 0 Å². The third-order valence-corrected chi connectivity index (χ3v) is 5.85. The van der Waals surface area contributed by atoms with E-state index in [-0.39, 0.29) is 30.5 Å². The molecule has 2 rings (SSSR count). The Hall–Kier alpha value is -1.14. The van der Waals surface area contributed by atoms with Crippen LogP contribution in [-0.2, 0) is 20.9 Å². The topological polar surface area (TPSA) is 47.6 Å². The van der Waals surface area contributed by atoms with Gasteiger partial charge < -0.3 is 14.8 Å². The second kappa shape index (κ2) is 10.1. The zero-order chi connectivity index (χ0) is 17.6. The lowest BCUT2D eigenvalue weighted by Gasteiger charge is -2.16. The van der Waals surface area contributed by atoms with E-state index in [0.29, 0.717) is 26.2 Å². The fraction of sp³-hybridized carbons (Fsp3) is 0.526. The quantitative estimate of drug-likeness (QED) is 0.546. The van der Waals surface area contributed by atoms with Crippen LogP contribution in [0.4, 0.5) is 0 Å². The second-order valence-corrected chi connectivity index (χ2v) is 13.2. The van der Waals surface area contributed by atoms with Gasteiger partial charge in [0.15, 0.2) is 0 Å². The number of nitrogens with one attached hydrogen (secondary N) is 1. The van der Waals surface area contributed by atoms with Gasteiger partial charge in [0.05, 0.1) is 19.3 Å². The summed E-state index contributed by atoms with van der Waals surface area (Å²) in [7, 11) is -1.16. The zero-order valence-corrected chi connectivity index (χ0v) is 17.2. The number of carbonyl (C=O) groups excluding carboxylic acids is 1. The highest BCUT2D eigenvalue weighted by Gasteiger charge is 2.31. The molecular formula is C19H30ClNO3Si. The van der Waals surface area contributed by atoms with E-state index in [1.54, 1.807) is 0 Å². The van der Waals surface area contributed by atoms with Crippen molar-refractivity contribution in [3.05, 3.63) is 42.0 Å². The number of ether oxygens (including phenoxy) is 2. The second-order valence-electron chi connectivity index (χ2n) is 7.56. The number of carbonyl (C=O) groups is 1. The van der Waals surface area contributed by atoms with Crippen LogP contribution in [0.15, 0.2) is 30.8 Å². The van der Waals surface area contributed by atoms with Crippen molar-refractivity contribution in [1.29, 1.82) is 0 Å². The van der Waals surface area contributed by atoms with E-state index in [1.807, 2.05) is 24.3 Å². The molecule has 1 aromatic rings. The maximum atomic E-state index is 12.1. The molecule has 140 valence electrons. The van der Waals surface area contributed by atoms with E-state index in [2.05, 4.69) is 37.6 Å². The summed E-state index contributed by atoms with van der Waals surface area (Å²) in [6, 6.07) is 8.89. The molecule has 1 aliphatic heterocycles. The Morgan fingerprint density at radius 1 is 1.40 bits per heavy atom. The monoisotopic (exact) mass is 383 g/mol. The number of hydrogen-bond donors (Lipinski definition) is 1. The maximum absolute atomic E-state index is 12.1. The van der Waals surface area contributed by atoms with Crippen molar-refractivity contribution in [2.75, 3.05) is 13.2 Å². The van der Waals surface area contributed by atoms with Gasteiger partial charge in [-0.05, 0) is 23.2 Å². The van der Waals surface area contributed by atoms with Crippen LogP contribution in [0, 0.1) is 0 Å². The molecular weight excluding hydrogens is 354 g/mol. The normalized spacial score (nSPS) is 20.0. The Bertz CT molecular complexity index is 574. The predicted molar refractivity (Wildman–Crippen MR) is 108 cm³/mol. The van der Waals surface area contributed by atoms with E-state index in [4.69, 9.17) is 9.47 Å². The average Bonchev–Trinajstić information content (AvgIpc) is 3.01. The molecule has 1 saturated heterocycles. The molecule has 1 aromatic carbocycles. The summed E-state index contributed by atoms with van der Waals surface area (Å²) >= 11 is 0. The van der Waals surface area contributed by atoms with Crippen molar-refractivity contribution in [1.82, 2.24) is 5.32 Å². The molecule has 0 radical (unpaired) electrons. The van der Waals surface area contributed by atoms with Crippen molar-refractivity contribution in [3.8, 4) is 0 Å². The van der Waals surface area contributed by atoms with E-state index in [0.717, 1.165) is 17.2 Å². The van der Waals surface area contributed by atoms with Crippen LogP contribution in [0.1, 0.15) is 17.5 Å². The van der Waals surface area contributed by atoms with Gasteiger partial charge in [-0.2, -0.15) is 0 Å². The fourth-order valence-corrected chi connectivity index (χ4v) is 3.31. The first-order valence-electron chi connectivity index (χ1n) is 8.60. The van der Waals surface area contributed by atoms with E-state index >= 15 is 0 Å². The Labute approximate surface area is 158 Å². The zero-order valence-electron chi connectivity index (χ0n) is 15.4. The number of rotatable bonds is 8. The molecule has 4 nitrogen and oxygen atoms in total. The average molecular weight is 384 g/mol. The molecule has 1 fully saturated rings. The summed E-state index contributed by atoms with van der Waals surface area (Å²) in [5.74, 6) is -0.145. The number of halogens is 1. The highest BCUT2D eigenvalue weighted by molar-refractivity contribution is 6.76. The summed E-state index contributed by atoms with van der Waals surface area (Å²) in [4.78, 5) is 12.1. The molecule has 0 amide bonds. The van der Waals surface area contributed by atoms with Gasteiger partial charge in [0.25, 0.3) is 0 Å². The highest BCUT2D eigenvalue weighted by Crippen LogP contribution is 2.16. The molecule has 25 heavy (non-hydrogen) atoms. The lowest BCUT2D eigenvalue weighted by atomic mass is 10.1. The maximum Gasteiger partial charge on any atom is 0.323 e. The smallest absolute Gasteiger partial charge is 0.323 e. The lowest BCUT2D eigenvalue weighted by Crippen LogP contribution is -2.33. The lowest BCUT2D eigenvalue weighted by molar-refractivity contribution is -0.145. The first-order chi connectivity index (χ1) is 11.4. The minimum Gasteiger partial charge on any atom is -0.465 e. The summed E-state index contributed by atoms with van der Waals surface area (Å²) in [6.07, 6.45) is 2.55. The Balaban J connectivity index is 0.00000312. The van der Waals surface area contributed by atoms with Crippen LogP contribution in [-0.4, -0.2) is 39.3 Å². The Morgan fingerprint density at radius 2 is 2.16 bits per heavy atom. The van der Waals surface area contributed by atoms with Gasteiger partial charge in [0.2, 0.25) is 0 Å². The third-order valence-electron chi connectivity index (χ3n) is 4.14. The minimum atomic E-state index is -1.16. The molecule has 0 saturated carbocycles. The highest BCUT2D eigenvalue weighted by atomic mass is 35.5. The Morgan fingerprint density at radius 3 is 2.84 bits per heavy atom. The molecule has 0 aliphatic carbocycles. The summed E-state index contributed by atoms with van der Waals surface area (Å²) in [5.41, 5.74) is 2.21. The molecule has 0 spiro atoms. The van der Waals surface area contributed by atoms with E-state index in [9.17, 15) is 4.79 Å². The first kappa shape index (κ1) is 21.9. The van der Waals surface area contributed by atoms with Crippen molar-refractivity contribution < 1.29 is 14.3 Å². The van der Waals surface area contributed by atoms with Crippen LogP contribution in [0.5, 0.6) is 0 Å².